The predicted molar refractivity (Wildman–Crippen MR) is 162 cm³/mol. The van der Waals surface area contributed by atoms with Crippen molar-refractivity contribution in [3.8, 4) is 5.75 Å². The normalized spacial score (nSPS) is 13.4. The lowest BCUT2D eigenvalue weighted by Crippen LogP contribution is -2.55. The molecule has 0 saturated heterocycles. The van der Waals surface area contributed by atoms with E-state index in [0.717, 1.165) is 11.8 Å². The van der Waals surface area contributed by atoms with Gasteiger partial charge in [-0.1, -0.05) is 83.5 Å². The Kier molecular flexibility index (Phi) is 13.8. The van der Waals surface area contributed by atoms with Crippen molar-refractivity contribution in [1.29, 1.82) is 0 Å². The molecular weight excluding hydrogens is 542 g/mol. The minimum absolute atomic E-state index is 0.0714. The molecule has 2 rings (SSSR count). The van der Waals surface area contributed by atoms with Crippen molar-refractivity contribution >= 4 is 35.6 Å². The van der Waals surface area contributed by atoms with Gasteiger partial charge in [-0.3, -0.25) is 14.4 Å². The van der Waals surface area contributed by atoms with Crippen LogP contribution in [-0.2, 0) is 21.0 Å². The Bertz CT molecular complexity index is 1150. The lowest BCUT2D eigenvalue weighted by atomic mass is 9.99. The average molecular weight is 586 g/mol. The van der Waals surface area contributed by atoms with Crippen LogP contribution in [0.3, 0.4) is 0 Å². The fourth-order valence-electron chi connectivity index (χ4n) is 4.39. The van der Waals surface area contributed by atoms with E-state index >= 15 is 0 Å². The molecule has 0 aliphatic rings. The number of carbonyl (C=O) groups is 4. The first-order chi connectivity index (χ1) is 19.4. The summed E-state index contributed by atoms with van der Waals surface area (Å²) in [5.41, 5.74) is 1.14. The fraction of sp³-hybridized carbons (Fsp3) is 0.500. The van der Waals surface area contributed by atoms with Gasteiger partial charge in [-0.2, -0.15) is 0 Å². The topological polar surface area (TPSA) is 114 Å². The number of benzene rings is 2. The molecule has 2 aromatic rings. The molecule has 3 amide bonds. The second-order valence-corrected chi connectivity index (χ2v) is 12.1. The molecule has 8 nitrogen and oxygen atoms in total. The molecule has 2 aromatic carbocycles. The van der Waals surface area contributed by atoms with E-state index < -0.39 is 35.8 Å². The molecule has 0 radical (unpaired) electrons. The minimum atomic E-state index is -0.913. The van der Waals surface area contributed by atoms with E-state index in [1.54, 1.807) is 12.1 Å². The number of aldehydes is 1. The Balaban J connectivity index is 2.22. The molecule has 0 saturated carbocycles. The van der Waals surface area contributed by atoms with Crippen LogP contribution in [0.15, 0.2) is 48.5 Å². The number of rotatable bonds is 16. The molecule has 0 aliphatic heterocycles. The van der Waals surface area contributed by atoms with Gasteiger partial charge in [0.25, 0.3) is 5.91 Å². The van der Waals surface area contributed by atoms with Crippen LogP contribution < -0.4 is 20.7 Å². The van der Waals surface area contributed by atoms with Crippen LogP contribution >= 0.6 is 11.6 Å². The van der Waals surface area contributed by atoms with Crippen molar-refractivity contribution < 1.29 is 23.9 Å². The largest absolute Gasteiger partial charge is 0.488 e. The van der Waals surface area contributed by atoms with Gasteiger partial charge in [-0.15, -0.1) is 0 Å². The zero-order valence-corrected chi connectivity index (χ0v) is 25.7. The van der Waals surface area contributed by atoms with Gasteiger partial charge in [0.1, 0.15) is 30.7 Å². The van der Waals surface area contributed by atoms with E-state index in [1.165, 1.54) is 6.07 Å². The first-order valence-corrected chi connectivity index (χ1v) is 14.6. The van der Waals surface area contributed by atoms with Crippen LogP contribution in [0.2, 0.25) is 5.02 Å². The van der Waals surface area contributed by atoms with Gasteiger partial charge in [0.05, 0.1) is 11.6 Å². The molecule has 3 N–H and O–H groups in total. The predicted octanol–water partition coefficient (Wildman–Crippen LogP) is 5.32. The first kappa shape index (κ1) is 33.8. The molecule has 3 atom stereocenters. The van der Waals surface area contributed by atoms with Crippen LogP contribution in [0.5, 0.6) is 5.75 Å². The second kappa shape index (κ2) is 16.8. The highest BCUT2D eigenvalue weighted by Gasteiger charge is 2.30. The monoisotopic (exact) mass is 585 g/mol. The van der Waals surface area contributed by atoms with Crippen LogP contribution in [0, 0.1) is 17.8 Å². The zero-order valence-electron chi connectivity index (χ0n) is 24.9. The Labute approximate surface area is 248 Å². The Morgan fingerprint density at radius 1 is 0.780 bits per heavy atom. The first-order valence-electron chi connectivity index (χ1n) is 14.2. The highest BCUT2D eigenvalue weighted by atomic mass is 35.5. The van der Waals surface area contributed by atoms with Crippen molar-refractivity contribution in [3.63, 3.8) is 0 Å². The molecular formula is C32H44ClN3O5. The van der Waals surface area contributed by atoms with Gasteiger partial charge in [0, 0.05) is 5.02 Å². The standard InChI is InChI=1S/C32H44ClN3O5/c1-20(2)14-25(18-37)34-31(39)27(15-21(3)4)36-32(40)28(16-22(5)6)35-30(38)26-17-24(33)12-13-29(26)41-19-23-10-8-7-9-11-23/h7-13,17-18,20-22,25,27-28H,14-16,19H2,1-6H3,(H,34,39)(H,35,38)(H,36,40)/t25?,27-,28-/m0/s1. The van der Waals surface area contributed by atoms with Gasteiger partial charge in [-0.25, -0.2) is 0 Å². The molecule has 9 heteroatoms. The molecule has 0 bridgehead atoms. The number of hydrogen-bond acceptors (Lipinski definition) is 5. The highest BCUT2D eigenvalue weighted by Crippen LogP contribution is 2.24. The van der Waals surface area contributed by atoms with Gasteiger partial charge in [-0.05, 0) is 60.8 Å². The Morgan fingerprint density at radius 3 is 1.90 bits per heavy atom. The minimum Gasteiger partial charge on any atom is -0.488 e. The summed E-state index contributed by atoms with van der Waals surface area (Å²) in [4.78, 5) is 51.6. The second-order valence-electron chi connectivity index (χ2n) is 11.6. The Morgan fingerprint density at radius 2 is 1.34 bits per heavy atom. The third kappa shape index (κ3) is 11.9. The molecule has 1 unspecified atom stereocenters. The number of ether oxygens (including phenoxy) is 1. The quantitative estimate of drug-likeness (QED) is 0.231. The summed E-state index contributed by atoms with van der Waals surface area (Å²) in [7, 11) is 0. The van der Waals surface area contributed by atoms with E-state index in [4.69, 9.17) is 16.3 Å². The van der Waals surface area contributed by atoms with Crippen molar-refractivity contribution in [2.45, 2.75) is 85.5 Å². The molecule has 41 heavy (non-hydrogen) atoms. The number of nitrogens with one attached hydrogen (secondary N) is 3. The van der Waals surface area contributed by atoms with Crippen molar-refractivity contribution in [3.05, 3.63) is 64.7 Å². The lowest BCUT2D eigenvalue weighted by molar-refractivity contribution is -0.131. The maximum atomic E-state index is 13.5. The summed E-state index contributed by atoms with van der Waals surface area (Å²) < 4.78 is 5.94. The average Bonchev–Trinajstić information content (AvgIpc) is 2.90. The molecule has 224 valence electrons. The van der Waals surface area contributed by atoms with E-state index in [1.807, 2.05) is 71.9 Å². The van der Waals surface area contributed by atoms with Gasteiger partial charge >= 0.3 is 0 Å². The van der Waals surface area contributed by atoms with Gasteiger partial charge in [0.15, 0.2) is 0 Å². The molecule has 0 aliphatic carbocycles. The number of halogens is 1. The summed E-state index contributed by atoms with van der Waals surface area (Å²) in [5, 5.41) is 8.77. The summed E-state index contributed by atoms with van der Waals surface area (Å²) in [5.74, 6) is -0.705. The third-order valence-corrected chi connectivity index (χ3v) is 6.54. The Hall–Kier alpha value is -3.39. The summed E-state index contributed by atoms with van der Waals surface area (Å²) in [6.07, 6.45) is 1.94. The van der Waals surface area contributed by atoms with Crippen molar-refractivity contribution in [2.24, 2.45) is 17.8 Å². The van der Waals surface area contributed by atoms with E-state index in [2.05, 4.69) is 16.0 Å². The van der Waals surface area contributed by atoms with Crippen LogP contribution in [0.4, 0.5) is 0 Å². The van der Waals surface area contributed by atoms with Crippen molar-refractivity contribution in [2.75, 3.05) is 0 Å². The SMILES string of the molecule is CC(C)CC(C=O)NC(=O)[C@H](CC(C)C)NC(=O)[C@H](CC(C)C)NC(=O)c1cc(Cl)ccc1OCc1ccccc1. The van der Waals surface area contributed by atoms with Crippen LogP contribution in [0.25, 0.3) is 0 Å². The van der Waals surface area contributed by atoms with E-state index in [0.29, 0.717) is 30.0 Å². The maximum absolute atomic E-state index is 13.5. The summed E-state index contributed by atoms with van der Waals surface area (Å²) in [6.45, 7) is 12.0. The summed E-state index contributed by atoms with van der Waals surface area (Å²) in [6, 6.07) is 11.9. The number of amides is 3. The van der Waals surface area contributed by atoms with Crippen LogP contribution in [-0.4, -0.2) is 42.1 Å². The smallest absolute Gasteiger partial charge is 0.255 e. The zero-order chi connectivity index (χ0) is 30.5. The molecule has 0 spiro atoms. The highest BCUT2D eigenvalue weighted by molar-refractivity contribution is 6.31. The van der Waals surface area contributed by atoms with E-state index in [-0.39, 0.29) is 29.9 Å². The van der Waals surface area contributed by atoms with Crippen LogP contribution in [0.1, 0.15) is 76.7 Å². The van der Waals surface area contributed by atoms with E-state index in [9.17, 15) is 19.2 Å². The number of hydrogen-bond donors (Lipinski definition) is 3. The molecule has 0 aromatic heterocycles. The lowest BCUT2D eigenvalue weighted by Gasteiger charge is -2.26. The number of carbonyl (C=O) groups excluding carboxylic acids is 4. The molecule has 0 fully saturated rings. The fourth-order valence-corrected chi connectivity index (χ4v) is 4.57. The molecule has 0 heterocycles. The third-order valence-electron chi connectivity index (χ3n) is 6.31. The van der Waals surface area contributed by atoms with Crippen molar-refractivity contribution in [1.82, 2.24) is 16.0 Å². The van der Waals surface area contributed by atoms with Gasteiger partial charge in [0.2, 0.25) is 11.8 Å². The summed E-state index contributed by atoms with van der Waals surface area (Å²) >= 11 is 6.21. The maximum Gasteiger partial charge on any atom is 0.255 e. The van der Waals surface area contributed by atoms with Gasteiger partial charge < -0.3 is 25.5 Å².